The maximum absolute atomic E-state index is 12.2. The Balaban J connectivity index is 1.55. The number of nitrogens with one attached hydrogen (secondary N) is 1. The van der Waals surface area contributed by atoms with E-state index in [9.17, 15) is 9.59 Å². The molecular formula is C19H19N3O3. The van der Waals surface area contributed by atoms with Gasteiger partial charge in [0.15, 0.2) is 5.78 Å². The standard InChI is InChI=1S/C19H19N3O3/c1-2-25-15-9-7-14(8-10-15)18(23)11-12-19(24)21-22-13-20-16-5-3-4-6-17(16)22/h3-10,13H,2,11-12H2,1H3,(H,21,24). The number of para-hydroxylation sites is 2. The number of ketones is 1. The number of hydrogen-bond acceptors (Lipinski definition) is 4. The van der Waals surface area contributed by atoms with Crippen molar-refractivity contribution in [2.24, 2.45) is 0 Å². The zero-order valence-corrected chi connectivity index (χ0v) is 13.9. The van der Waals surface area contributed by atoms with E-state index in [0.29, 0.717) is 12.2 Å². The summed E-state index contributed by atoms with van der Waals surface area (Å²) in [6, 6.07) is 14.5. The van der Waals surface area contributed by atoms with E-state index in [1.807, 2.05) is 31.2 Å². The number of hydrogen-bond donors (Lipinski definition) is 1. The second-order valence-electron chi connectivity index (χ2n) is 5.52. The van der Waals surface area contributed by atoms with Crippen LogP contribution in [0, 0.1) is 0 Å². The zero-order chi connectivity index (χ0) is 17.6. The summed E-state index contributed by atoms with van der Waals surface area (Å²) >= 11 is 0. The van der Waals surface area contributed by atoms with Gasteiger partial charge in [0, 0.05) is 18.4 Å². The number of nitrogens with zero attached hydrogens (tertiary/aromatic N) is 2. The number of Topliss-reactive ketones (excluding diaryl/α,β-unsaturated/α-hetero) is 1. The summed E-state index contributed by atoms with van der Waals surface area (Å²) in [5.74, 6) is 0.417. The van der Waals surface area contributed by atoms with Gasteiger partial charge in [0.25, 0.3) is 0 Å². The molecule has 25 heavy (non-hydrogen) atoms. The lowest BCUT2D eigenvalue weighted by Crippen LogP contribution is -2.22. The maximum atomic E-state index is 12.2. The van der Waals surface area contributed by atoms with Crippen LogP contribution in [-0.2, 0) is 4.79 Å². The first kappa shape index (κ1) is 16.7. The van der Waals surface area contributed by atoms with E-state index in [-0.39, 0.29) is 24.5 Å². The van der Waals surface area contributed by atoms with Crippen molar-refractivity contribution in [3.8, 4) is 5.75 Å². The van der Waals surface area contributed by atoms with E-state index in [2.05, 4.69) is 10.4 Å². The molecule has 1 heterocycles. The fraction of sp³-hybridized carbons (Fsp3) is 0.211. The molecule has 1 N–H and O–H groups in total. The van der Waals surface area contributed by atoms with E-state index in [1.165, 1.54) is 0 Å². The van der Waals surface area contributed by atoms with Gasteiger partial charge in [-0.1, -0.05) is 12.1 Å². The Hall–Kier alpha value is -3.15. The number of ether oxygens (including phenoxy) is 1. The highest BCUT2D eigenvalue weighted by Gasteiger charge is 2.11. The summed E-state index contributed by atoms with van der Waals surface area (Å²) in [6.07, 6.45) is 1.81. The summed E-state index contributed by atoms with van der Waals surface area (Å²) in [4.78, 5) is 28.5. The molecule has 0 radical (unpaired) electrons. The van der Waals surface area contributed by atoms with E-state index in [0.717, 1.165) is 16.8 Å². The van der Waals surface area contributed by atoms with Gasteiger partial charge in [0.2, 0.25) is 5.91 Å². The number of amides is 1. The van der Waals surface area contributed by atoms with Gasteiger partial charge in [-0.25, -0.2) is 9.66 Å². The smallest absolute Gasteiger partial charge is 0.239 e. The molecule has 0 bridgehead atoms. The molecule has 0 aliphatic rings. The van der Waals surface area contributed by atoms with Crippen molar-refractivity contribution in [1.29, 1.82) is 0 Å². The number of carbonyl (C=O) groups is 2. The van der Waals surface area contributed by atoms with Crippen molar-refractivity contribution in [3.63, 3.8) is 0 Å². The maximum Gasteiger partial charge on any atom is 0.239 e. The van der Waals surface area contributed by atoms with Crippen LogP contribution in [0.25, 0.3) is 11.0 Å². The van der Waals surface area contributed by atoms with Crippen molar-refractivity contribution in [2.45, 2.75) is 19.8 Å². The number of carbonyl (C=O) groups excluding carboxylic acids is 2. The fourth-order valence-corrected chi connectivity index (χ4v) is 2.51. The van der Waals surface area contributed by atoms with Crippen LogP contribution in [0.15, 0.2) is 54.9 Å². The molecule has 0 atom stereocenters. The summed E-state index contributed by atoms with van der Waals surface area (Å²) < 4.78 is 6.92. The highest BCUT2D eigenvalue weighted by molar-refractivity contribution is 5.99. The Kier molecular flexibility index (Phi) is 5.09. The van der Waals surface area contributed by atoms with Gasteiger partial charge < -0.3 is 4.74 Å². The Morgan fingerprint density at radius 2 is 1.84 bits per heavy atom. The largest absolute Gasteiger partial charge is 0.494 e. The normalized spacial score (nSPS) is 10.6. The zero-order valence-electron chi connectivity index (χ0n) is 13.9. The first-order valence-electron chi connectivity index (χ1n) is 8.15. The Morgan fingerprint density at radius 1 is 1.08 bits per heavy atom. The molecule has 6 heteroatoms. The summed E-state index contributed by atoms with van der Waals surface area (Å²) in [5.41, 5.74) is 4.93. The Morgan fingerprint density at radius 3 is 2.60 bits per heavy atom. The van der Waals surface area contributed by atoms with Gasteiger partial charge in [0.05, 0.1) is 17.6 Å². The Bertz CT molecular complexity index is 884. The third kappa shape index (κ3) is 4.03. The van der Waals surface area contributed by atoms with Gasteiger partial charge in [0.1, 0.15) is 12.1 Å². The Labute approximate surface area is 145 Å². The molecule has 0 spiro atoms. The van der Waals surface area contributed by atoms with Crippen LogP contribution in [0.4, 0.5) is 0 Å². The molecule has 3 rings (SSSR count). The lowest BCUT2D eigenvalue weighted by Gasteiger charge is -2.07. The summed E-state index contributed by atoms with van der Waals surface area (Å²) in [5, 5.41) is 0. The average Bonchev–Trinajstić information content (AvgIpc) is 3.04. The molecule has 1 amide bonds. The molecule has 0 aliphatic carbocycles. The lowest BCUT2D eigenvalue weighted by atomic mass is 10.1. The molecule has 0 unspecified atom stereocenters. The first-order chi connectivity index (χ1) is 12.2. The van der Waals surface area contributed by atoms with E-state index in [4.69, 9.17) is 4.74 Å². The second kappa shape index (κ2) is 7.61. The fourth-order valence-electron chi connectivity index (χ4n) is 2.51. The number of benzene rings is 2. The number of aromatic nitrogens is 2. The molecule has 0 fully saturated rings. The van der Waals surface area contributed by atoms with E-state index < -0.39 is 0 Å². The third-order valence-electron chi connectivity index (χ3n) is 3.77. The highest BCUT2D eigenvalue weighted by atomic mass is 16.5. The van der Waals surface area contributed by atoms with Gasteiger partial charge in [-0.2, -0.15) is 0 Å². The number of imidazole rings is 1. The van der Waals surface area contributed by atoms with E-state index >= 15 is 0 Å². The van der Waals surface area contributed by atoms with Crippen LogP contribution in [0.3, 0.4) is 0 Å². The molecule has 1 aromatic heterocycles. The van der Waals surface area contributed by atoms with Crippen molar-refractivity contribution < 1.29 is 14.3 Å². The van der Waals surface area contributed by atoms with Gasteiger partial charge in [-0.05, 0) is 43.3 Å². The van der Waals surface area contributed by atoms with Crippen molar-refractivity contribution in [3.05, 3.63) is 60.4 Å². The molecular weight excluding hydrogens is 318 g/mol. The lowest BCUT2D eigenvalue weighted by molar-refractivity contribution is -0.117. The molecule has 128 valence electrons. The summed E-state index contributed by atoms with van der Waals surface area (Å²) in [7, 11) is 0. The van der Waals surface area contributed by atoms with E-state index in [1.54, 1.807) is 35.3 Å². The molecule has 0 aliphatic heterocycles. The van der Waals surface area contributed by atoms with Gasteiger partial charge in [-0.3, -0.25) is 15.0 Å². The number of fused-ring (bicyclic) bond motifs is 1. The van der Waals surface area contributed by atoms with Crippen molar-refractivity contribution in [2.75, 3.05) is 12.0 Å². The minimum Gasteiger partial charge on any atom is -0.494 e. The van der Waals surface area contributed by atoms with Crippen LogP contribution < -0.4 is 10.2 Å². The monoisotopic (exact) mass is 337 g/mol. The quantitative estimate of drug-likeness (QED) is 0.672. The topological polar surface area (TPSA) is 73.2 Å². The van der Waals surface area contributed by atoms with Crippen molar-refractivity contribution in [1.82, 2.24) is 9.66 Å². The van der Waals surface area contributed by atoms with Crippen LogP contribution in [0.2, 0.25) is 0 Å². The van der Waals surface area contributed by atoms with Crippen molar-refractivity contribution >= 4 is 22.7 Å². The predicted molar refractivity (Wildman–Crippen MR) is 95.3 cm³/mol. The average molecular weight is 337 g/mol. The summed E-state index contributed by atoms with van der Waals surface area (Å²) in [6.45, 7) is 2.48. The first-order valence-corrected chi connectivity index (χ1v) is 8.15. The minimum absolute atomic E-state index is 0.0753. The molecule has 6 nitrogen and oxygen atoms in total. The third-order valence-corrected chi connectivity index (χ3v) is 3.77. The number of rotatable bonds is 7. The second-order valence-corrected chi connectivity index (χ2v) is 5.52. The van der Waals surface area contributed by atoms with Crippen LogP contribution >= 0.6 is 0 Å². The predicted octanol–water partition coefficient (Wildman–Crippen LogP) is 3.17. The molecule has 0 saturated carbocycles. The van der Waals surface area contributed by atoms with Crippen LogP contribution in [-0.4, -0.2) is 28.0 Å². The van der Waals surface area contributed by atoms with Gasteiger partial charge >= 0.3 is 0 Å². The van der Waals surface area contributed by atoms with Crippen LogP contribution in [0.1, 0.15) is 30.1 Å². The molecule has 0 saturated heterocycles. The van der Waals surface area contributed by atoms with Crippen LogP contribution in [0.5, 0.6) is 5.75 Å². The molecule has 2 aromatic carbocycles. The highest BCUT2D eigenvalue weighted by Crippen LogP contribution is 2.14. The molecule has 3 aromatic rings. The minimum atomic E-state index is -0.234. The SMILES string of the molecule is CCOc1ccc(C(=O)CCC(=O)Nn2cnc3ccccc32)cc1. The van der Waals surface area contributed by atoms with Gasteiger partial charge in [-0.15, -0.1) is 0 Å².